The van der Waals surface area contributed by atoms with Crippen LogP contribution in [0.1, 0.15) is 25.0 Å². The SMILES string of the molecule is CC1(C)c2ccccc2-c2ccc(N(c3ccc(-c4cccc(-c5ccccc5)c4)cc3)c3ccc4c5ccccc5n(-c5ccc6oc7ccccc7c6c5)c4c3)cc21. The average Bonchev–Trinajstić information content (AvgIpc) is 3.92. The summed E-state index contributed by atoms with van der Waals surface area (Å²) in [6.07, 6.45) is 0. The summed E-state index contributed by atoms with van der Waals surface area (Å²) in [6, 6.07) is 75.0. The average molecular weight is 769 g/mol. The van der Waals surface area contributed by atoms with Gasteiger partial charge in [-0.25, -0.2) is 0 Å². The highest BCUT2D eigenvalue weighted by Crippen LogP contribution is 2.51. The molecule has 0 fully saturated rings. The van der Waals surface area contributed by atoms with Crippen LogP contribution < -0.4 is 4.90 Å². The predicted octanol–water partition coefficient (Wildman–Crippen LogP) is 15.8. The highest BCUT2D eigenvalue weighted by Gasteiger charge is 2.35. The van der Waals surface area contributed by atoms with Crippen LogP contribution in [0.3, 0.4) is 0 Å². The van der Waals surface area contributed by atoms with Gasteiger partial charge in [-0.05, 0) is 117 Å². The topological polar surface area (TPSA) is 21.3 Å². The van der Waals surface area contributed by atoms with Crippen LogP contribution in [-0.4, -0.2) is 4.57 Å². The Bertz CT molecular complexity index is 3460. The van der Waals surface area contributed by atoms with E-state index in [1.54, 1.807) is 0 Å². The number of fused-ring (bicyclic) bond motifs is 9. The molecule has 0 saturated carbocycles. The second kappa shape index (κ2) is 13.2. The molecule has 1 aliphatic rings. The molecule has 0 bridgehead atoms. The molecule has 0 radical (unpaired) electrons. The number of para-hydroxylation sites is 2. The summed E-state index contributed by atoms with van der Waals surface area (Å²) < 4.78 is 8.68. The second-order valence-electron chi connectivity index (χ2n) is 16.6. The van der Waals surface area contributed by atoms with Crippen LogP contribution in [0.25, 0.3) is 82.8 Å². The summed E-state index contributed by atoms with van der Waals surface area (Å²) in [5.74, 6) is 0. The number of rotatable bonds is 6. The number of furan rings is 1. The molecule has 0 atom stereocenters. The lowest BCUT2D eigenvalue weighted by Gasteiger charge is -2.28. The van der Waals surface area contributed by atoms with Crippen LogP contribution in [0.4, 0.5) is 17.1 Å². The monoisotopic (exact) mass is 768 g/mol. The highest BCUT2D eigenvalue weighted by molar-refractivity contribution is 6.11. The van der Waals surface area contributed by atoms with Crippen molar-refractivity contribution in [3.63, 3.8) is 0 Å². The number of benzene rings is 9. The van der Waals surface area contributed by atoms with E-state index >= 15 is 0 Å². The summed E-state index contributed by atoms with van der Waals surface area (Å²) in [7, 11) is 0. The van der Waals surface area contributed by atoms with E-state index in [2.05, 4.69) is 217 Å². The van der Waals surface area contributed by atoms with Gasteiger partial charge in [0, 0.05) is 49.7 Å². The molecule has 0 spiro atoms. The highest BCUT2D eigenvalue weighted by atomic mass is 16.3. The molecule has 0 N–H and O–H groups in total. The Hall–Kier alpha value is -7.62. The lowest BCUT2D eigenvalue weighted by Crippen LogP contribution is -2.16. The van der Waals surface area contributed by atoms with Gasteiger partial charge in [0.2, 0.25) is 0 Å². The van der Waals surface area contributed by atoms with E-state index in [4.69, 9.17) is 4.42 Å². The fraction of sp³-hybridized carbons (Fsp3) is 0.0526. The molecule has 11 aromatic rings. The molecule has 2 aromatic heterocycles. The first-order valence-corrected chi connectivity index (χ1v) is 20.7. The molecule has 3 nitrogen and oxygen atoms in total. The fourth-order valence-corrected chi connectivity index (χ4v) is 9.82. The summed E-state index contributed by atoms with van der Waals surface area (Å²) in [5, 5.41) is 4.68. The molecule has 0 saturated heterocycles. The fourth-order valence-electron chi connectivity index (χ4n) is 9.82. The number of anilines is 3. The summed E-state index contributed by atoms with van der Waals surface area (Å²) >= 11 is 0. The quantitative estimate of drug-likeness (QED) is 0.168. The van der Waals surface area contributed by atoms with Crippen LogP contribution in [0, 0.1) is 0 Å². The third kappa shape index (κ3) is 5.29. The number of hydrogen-bond acceptors (Lipinski definition) is 2. The Labute approximate surface area is 349 Å². The Morgan fingerprint density at radius 3 is 1.85 bits per heavy atom. The van der Waals surface area contributed by atoms with E-state index in [1.165, 1.54) is 60.8 Å². The Morgan fingerprint density at radius 2 is 1.00 bits per heavy atom. The molecular formula is C57H40N2O. The molecule has 12 rings (SSSR count). The first-order chi connectivity index (χ1) is 29.5. The molecule has 1 aliphatic carbocycles. The summed E-state index contributed by atoms with van der Waals surface area (Å²) in [5.41, 5.74) is 18.6. The van der Waals surface area contributed by atoms with Crippen molar-refractivity contribution in [1.82, 2.24) is 4.57 Å². The number of nitrogens with zero attached hydrogens (tertiary/aromatic N) is 2. The van der Waals surface area contributed by atoms with Crippen LogP contribution in [0.15, 0.2) is 211 Å². The standard InChI is InChI=1S/C57H40N2O/c1-57(2)51-20-9-6-17-45(51)46-30-27-43(35-52(46)57)58(41-25-23-38(24-26-41)40-16-12-15-39(33-40)37-13-4-3-5-14-37)44-28-31-48-47-18-7-10-21-53(47)59(54(48)36-44)42-29-32-56-50(34-42)49-19-8-11-22-55(49)60-56/h3-36H,1-2H3. The zero-order chi connectivity index (χ0) is 40.0. The molecule has 3 heteroatoms. The van der Waals surface area contributed by atoms with Crippen molar-refractivity contribution in [2.75, 3.05) is 4.90 Å². The predicted molar refractivity (Wildman–Crippen MR) is 251 cm³/mol. The molecule has 0 unspecified atom stereocenters. The van der Waals surface area contributed by atoms with Gasteiger partial charge in [-0.1, -0.05) is 147 Å². The number of hydrogen-bond donors (Lipinski definition) is 0. The Balaban J connectivity index is 1.04. The van der Waals surface area contributed by atoms with Crippen molar-refractivity contribution < 1.29 is 4.42 Å². The van der Waals surface area contributed by atoms with Gasteiger partial charge in [0.15, 0.2) is 0 Å². The van der Waals surface area contributed by atoms with E-state index in [1.807, 2.05) is 12.1 Å². The van der Waals surface area contributed by atoms with E-state index in [9.17, 15) is 0 Å². The Morgan fingerprint density at radius 1 is 0.383 bits per heavy atom. The van der Waals surface area contributed by atoms with Gasteiger partial charge in [-0.2, -0.15) is 0 Å². The molecule has 9 aromatic carbocycles. The third-order valence-corrected chi connectivity index (χ3v) is 12.8. The van der Waals surface area contributed by atoms with E-state index < -0.39 is 0 Å². The first-order valence-electron chi connectivity index (χ1n) is 20.7. The van der Waals surface area contributed by atoms with E-state index in [0.717, 1.165) is 50.2 Å². The van der Waals surface area contributed by atoms with Gasteiger partial charge in [0.25, 0.3) is 0 Å². The zero-order valence-corrected chi connectivity index (χ0v) is 33.4. The minimum absolute atomic E-state index is 0.131. The van der Waals surface area contributed by atoms with Crippen LogP contribution >= 0.6 is 0 Å². The lowest BCUT2D eigenvalue weighted by molar-refractivity contribution is 0.660. The Kier molecular flexibility index (Phi) is 7.58. The van der Waals surface area contributed by atoms with Crippen molar-refractivity contribution in [1.29, 1.82) is 0 Å². The van der Waals surface area contributed by atoms with Crippen molar-refractivity contribution >= 4 is 60.8 Å². The lowest BCUT2D eigenvalue weighted by atomic mass is 9.82. The van der Waals surface area contributed by atoms with Gasteiger partial charge in [0.1, 0.15) is 11.2 Å². The maximum absolute atomic E-state index is 6.26. The van der Waals surface area contributed by atoms with E-state index in [-0.39, 0.29) is 5.41 Å². The van der Waals surface area contributed by atoms with Gasteiger partial charge in [-0.3, -0.25) is 0 Å². The van der Waals surface area contributed by atoms with Gasteiger partial charge in [0.05, 0.1) is 11.0 Å². The van der Waals surface area contributed by atoms with E-state index in [0.29, 0.717) is 0 Å². The first kappa shape index (κ1) is 34.4. The second-order valence-corrected chi connectivity index (χ2v) is 16.6. The molecule has 60 heavy (non-hydrogen) atoms. The van der Waals surface area contributed by atoms with Crippen molar-refractivity contribution in [3.8, 4) is 39.1 Å². The normalized spacial score (nSPS) is 13.0. The molecular weight excluding hydrogens is 729 g/mol. The van der Waals surface area contributed by atoms with Gasteiger partial charge in [-0.15, -0.1) is 0 Å². The minimum atomic E-state index is -0.131. The smallest absolute Gasteiger partial charge is 0.135 e. The molecule has 0 aliphatic heterocycles. The molecule has 0 amide bonds. The van der Waals surface area contributed by atoms with Gasteiger partial charge < -0.3 is 13.9 Å². The van der Waals surface area contributed by atoms with Crippen LogP contribution in [0.2, 0.25) is 0 Å². The minimum Gasteiger partial charge on any atom is -0.456 e. The van der Waals surface area contributed by atoms with Crippen LogP contribution in [0.5, 0.6) is 0 Å². The maximum atomic E-state index is 6.26. The van der Waals surface area contributed by atoms with Gasteiger partial charge >= 0.3 is 0 Å². The van der Waals surface area contributed by atoms with Crippen LogP contribution in [-0.2, 0) is 5.41 Å². The van der Waals surface area contributed by atoms with Crippen molar-refractivity contribution in [2.45, 2.75) is 19.3 Å². The van der Waals surface area contributed by atoms with Crippen molar-refractivity contribution in [2.24, 2.45) is 0 Å². The summed E-state index contributed by atoms with van der Waals surface area (Å²) in [4.78, 5) is 2.43. The zero-order valence-electron chi connectivity index (χ0n) is 33.4. The maximum Gasteiger partial charge on any atom is 0.135 e. The molecule has 284 valence electrons. The summed E-state index contributed by atoms with van der Waals surface area (Å²) in [6.45, 7) is 4.71. The largest absolute Gasteiger partial charge is 0.456 e. The third-order valence-electron chi connectivity index (χ3n) is 12.8. The molecule has 2 heterocycles. The number of aromatic nitrogens is 1. The van der Waals surface area contributed by atoms with Crippen molar-refractivity contribution in [3.05, 3.63) is 217 Å².